The fourth-order valence-electron chi connectivity index (χ4n) is 2.82. The molecule has 0 heterocycles. The topological polar surface area (TPSA) is 41.3 Å². The van der Waals surface area contributed by atoms with Gasteiger partial charge in [0.05, 0.1) is 6.04 Å². The van der Waals surface area contributed by atoms with Crippen molar-refractivity contribution in [3.05, 3.63) is 34.1 Å². The van der Waals surface area contributed by atoms with Crippen LogP contribution in [0.4, 0.5) is 4.39 Å². The molecule has 1 rings (SSSR count). The van der Waals surface area contributed by atoms with Gasteiger partial charge in [-0.05, 0) is 45.1 Å². The van der Waals surface area contributed by atoms with Crippen molar-refractivity contribution in [3.8, 4) is 0 Å². The van der Waals surface area contributed by atoms with Crippen LogP contribution in [0.15, 0.2) is 22.7 Å². The SMILES string of the molecule is CCC(CC)(C(NN)c1cc(Br)ccc1F)N(C)C. The minimum atomic E-state index is -0.269. The van der Waals surface area contributed by atoms with Crippen molar-refractivity contribution < 1.29 is 4.39 Å². The summed E-state index contributed by atoms with van der Waals surface area (Å²) >= 11 is 3.39. The average molecular weight is 332 g/mol. The molecule has 0 saturated carbocycles. The molecule has 0 radical (unpaired) electrons. The van der Waals surface area contributed by atoms with E-state index >= 15 is 0 Å². The predicted octanol–water partition coefficient (Wildman–Crippen LogP) is 3.21. The first kappa shape index (κ1) is 16.6. The van der Waals surface area contributed by atoms with Crippen molar-refractivity contribution in [2.24, 2.45) is 5.84 Å². The highest BCUT2D eigenvalue weighted by molar-refractivity contribution is 9.10. The first-order valence-corrected chi connectivity index (χ1v) is 7.30. The van der Waals surface area contributed by atoms with Gasteiger partial charge in [0.15, 0.2) is 0 Å². The summed E-state index contributed by atoms with van der Waals surface area (Å²) in [6, 6.07) is 4.69. The fraction of sp³-hybridized carbons (Fsp3) is 0.571. The first-order valence-electron chi connectivity index (χ1n) is 6.51. The van der Waals surface area contributed by atoms with Crippen molar-refractivity contribution in [1.29, 1.82) is 0 Å². The maximum atomic E-state index is 14.1. The molecule has 0 bridgehead atoms. The third kappa shape index (κ3) is 3.16. The van der Waals surface area contributed by atoms with E-state index in [1.54, 1.807) is 12.1 Å². The van der Waals surface area contributed by atoms with E-state index in [1.807, 2.05) is 14.1 Å². The molecule has 0 aliphatic carbocycles. The summed E-state index contributed by atoms with van der Waals surface area (Å²) in [6.45, 7) is 4.20. The van der Waals surface area contributed by atoms with Gasteiger partial charge in [-0.2, -0.15) is 0 Å². The Balaban J connectivity index is 3.35. The lowest BCUT2D eigenvalue weighted by atomic mass is 9.80. The highest BCUT2D eigenvalue weighted by Gasteiger charge is 2.39. The maximum Gasteiger partial charge on any atom is 0.128 e. The van der Waals surface area contributed by atoms with Crippen LogP contribution >= 0.6 is 15.9 Å². The Morgan fingerprint density at radius 2 is 1.95 bits per heavy atom. The Kier molecular flexibility index (Phi) is 5.92. The summed E-state index contributed by atoms with van der Waals surface area (Å²) in [6.07, 6.45) is 1.74. The monoisotopic (exact) mass is 331 g/mol. The highest BCUT2D eigenvalue weighted by Crippen LogP contribution is 2.37. The van der Waals surface area contributed by atoms with E-state index in [1.165, 1.54) is 6.07 Å². The molecule has 3 nitrogen and oxygen atoms in total. The third-order valence-electron chi connectivity index (χ3n) is 4.09. The van der Waals surface area contributed by atoms with Crippen LogP contribution in [0.2, 0.25) is 0 Å². The summed E-state index contributed by atoms with van der Waals surface area (Å²) in [5.74, 6) is 5.50. The number of hydrogen-bond acceptors (Lipinski definition) is 3. The molecule has 108 valence electrons. The van der Waals surface area contributed by atoms with Crippen LogP contribution in [-0.2, 0) is 0 Å². The van der Waals surface area contributed by atoms with Crippen molar-refractivity contribution >= 4 is 15.9 Å². The van der Waals surface area contributed by atoms with Crippen LogP contribution in [0.1, 0.15) is 38.3 Å². The van der Waals surface area contributed by atoms with Crippen LogP contribution < -0.4 is 11.3 Å². The fourth-order valence-corrected chi connectivity index (χ4v) is 3.20. The Hall–Kier alpha value is -0.490. The second kappa shape index (κ2) is 6.79. The second-order valence-corrected chi connectivity index (χ2v) is 5.89. The highest BCUT2D eigenvalue weighted by atomic mass is 79.9. The van der Waals surface area contributed by atoms with Crippen LogP contribution in [-0.4, -0.2) is 24.5 Å². The van der Waals surface area contributed by atoms with Gasteiger partial charge >= 0.3 is 0 Å². The van der Waals surface area contributed by atoms with Crippen molar-refractivity contribution in [1.82, 2.24) is 10.3 Å². The van der Waals surface area contributed by atoms with E-state index < -0.39 is 0 Å². The number of nitrogens with two attached hydrogens (primary N) is 1. The number of nitrogens with one attached hydrogen (secondary N) is 1. The van der Waals surface area contributed by atoms with Gasteiger partial charge in [-0.1, -0.05) is 29.8 Å². The van der Waals surface area contributed by atoms with Gasteiger partial charge in [-0.15, -0.1) is 0 Å². The van der Waals surface area contributed by atoms with E-state index in [2.05, 4.69) is 40.1 Å². The lowest BCUT2D eigenvalue weighted by molar-refractivity contribution is 0.0865. The zero-order valence-corrected chi connectivity index (χ0v) is 13.6. The van der Waals surface area contributed by atoms with Crippen molar-refractivity contribution in [2.75, 3.05) is 14.1 Å². The van der Waals surface area contributed by atoms with E-state index in [0.29, 0.717) is 5.56 Å². The minimum absolute atomic E-state index is 0.226. The number of hydrazine groups is 1. The molecule has 1 aromatic carbocycles. The molecule has 1 aromatic rings. The standard InChI is InChI=1S/C14H23BrFN3/c1-5-14(6-2,19(3)4)13(18-17)11-9-10(15)7-8-12(11)16/h7-9,13,18H,5-6,17H2,1-4H3. The first-order chi connectivity index (χ1) is 8.92. The van der Waals surface area contributed by atoms with Crippen LogP contribution in [0, 0.1) is 5.82 Å². The number of likely N-dealkylation sites (N-methyl/N-ethyl adjacent to an activating group) is 1. The number of nitrogens with zero attached hydrogens (tertiary/aromatic N) is 1. The van der Waals surface area contributed by atoms with Crippen molar-refractivity contribution in [3.63, 3.8) is 0 Å². The Labute approximate surface area is 123 Å². The minimum Gasteiger partial charge on any atom is -0.302 e. The molecule has 0 fully saturated rings. The molecule has 1 atom stereocenters. The average Bonchev–Trinajstić information content (AvgIpc) is 2.39. The smallest absolute Gasteiger partial charge is 0.128 e. The maximum absolute atomic E-state index is 14.1. The molecule has 0 aliphatic rings. The van der Waals surface area contributed by atoms with Gasteiger partial charge in [-0.3, -0.25) is 11.3 Å². The Morgan fingerprint density at radius 3 is 2.37 bits per heavy atom. The van der Waals surface area contributed by atoms with Crippen LogP contribution in [0.25, 0.3) is 0 Å². The summed E-state index contributed by atoms with van der Waals surface area (Å²) in [5.41, 5.74) is 3.17. The summed E-state index contributed by atoms with van der Waals surface area (Å²) < 4.78 is 15.0. The summed E-state index contributed by atoms with van der Waals surface area (Å²) in [7, 11) is 4.01. The van der Waals surface area contributed by atoms with Gasteiger partial charge in [0.1, 0.15) is 5.82 Å². The van der Waals surface area contributed by atoms with Gasteiger partial charge in [0.25, 0.3) is 0 Å². The van der Waals surface area contributed by atoms with E-state index in [0.717, 1.165) is 17.3 Å². The van der Waals surface area contributed by atoms with Gasteiger partial charge < -0.3 is 4.90 Å². The molecular weight excluding hydrogens is 309 g/mol. The number of benzene rings is 1. The second-order valence-electron chi connectivity index (χ2n) is 4.97. The van der Waals surface area contributed by atoms with E-state index in [-0.39, 0.29) is 17.4 Å². The zero-order chi connectivity index (χ0) is 14.6. The predicted molar refractivity (Wildman–Crippen MR) is 81.2 cm³/mol. The molecule has 0 aliphatic heterocycles. The molecule has 5 heteroatoms. The van der Waals surface area contributed by atoms with Crippen LogP contribution in [0.5, 0.6) is 0 Å². The number of hydrogen-bond donors (Lipinski definition) is 2. The normalized spacial score (nSPS) is 13.9. The number of rotatable bonds is 6. The van der Waals surface area contributed by atoms with Gasteiger partial charge in [-0.25, -0.2) is 4.39 Å². The molecule has 0 spiro atoms. The Morgan fingerprint density at radius 1 is 1.37 bits per heavy atom. The van der Waals surface area contributed by atoms with E-state index in [9.17, 15) is 4.39 Å². The van der Waals surface area contributed by atoms with Gasteiger partial charge in [0, 0.05) is 15.6 Å². The molecule has 0 aromatic heterocycles. The quantitative estimate of drug-likeness (QED) is 0.621. The lowest BCUT2D eigenvalue weighted by Crippen LogP contribution is -2.54. The molecule has 3 N–H and O–H groups in total. The molecular formula is C14H23BrFN3. The summed E-state index contributed by atoms with van der Waals surface area (Å²) in [4.78, 5) is 2.12. The summed E-state index contributed by atoms with van der Waals surface area (Å²) in [5, 5.41) is 0. The lowest BCUT2D eigenvalue weighted by Gasteiger charge is -2.45. The third-order valence-corrected chi connectivity index (χ3v) is 4.58. The van der Waals surface area contributed by atoms with E-state index in [4.69, 9.17) is 5.84 Å². The molecule has 19 heavy (non-hydrogen) atoms. The molecule has 0 amide bonds. The van der Waals surface area contributed by atoms with Gasteiger partial charge in [0.2, 0.25) is 0 Å². The zero-order valence-electron chi connectivity index (χ0n) is 12.0. The largest absolute Gasteiger partial charge is 0.302 e. The van der Waals surface area contributed by atoms with Crippen molar-refractivity contribution in [2.45, 2.75) is 38.3 Å². The Bertz CT molecular complexity index is 419. The molecule has 0 saturated heterocycles. The van der Waals surface area contributed by atoms with Crippen LogP contribution in [0.3, 0.4) is 0 Å². The molecule has 1 unspecified atom stereocenters. The number of halogens is 2.